The first-order valence-electron chi connectivity index (χ1n) is 9.64. The van der Waals surface area contributed by atoms with Crippen molar-refractivity contribution in [2.45, 2.75) is 63.6 Å². The third-order valence-corrected chi connectivity index (χ3v) is 6.41. The van der Waals surface area contributed by atoms with Crippen LogP contribution in [0.15, 0.2) is 18.2 Å². The van der Waals surface area contributed by atoms with Gasteiger partial charge in [-0.2, -0.15) is 0 Å². The number of piperazine rings is 1. The Kier molecular flexibility index (Phi) is 4.86. The second-order valence-electron chi connectivity index (χ2n) is 7.85. The molecule has 0 amide bonds. The molecule has 2 saturated heterocycles. The Morgan fingerprint density at radius 1 is 0.875 bits per heavy atom. The van der Waals surface area contributed by atoms with Crippen LogP contribution in [0.3, 0.4) is 0 Å². The average Bonchev–Trinajstić information content (AvgIpc) is 3.07. The summed E-state index contributed by atoms with van der Waals surface area (Å²) in [6, 6.07) is 5.67. The van der Waals surface area contributed by atoms with Crippen LogP contribution in [0.5, 0.6) is 0 Å². The Bertz CT molecular complexity index is 571. The summed E-state index contributed by atoms with van der Waals surface area (Å²) in [5.41, 5.74) is 0.904. The highest BCUT2D eigenvalue weighted by molar-refractivity contribution is 5.18. The fourth-order valence-electron chi connectivity index (χ4n) is 5.31. The highest BCUT2D eigenvalue weighted by Gasteiger charge is 2.42. The van der Waals surface area contributed by atoms with Crippen molar-refractivity contribution < 1.29 is 8.78 Å². The Morgan fingerprint density at radius 3 is 2.50 bits per heavy atom. The molecule has 2 heterocycles. The van der Waals surface area contributed by atoms with Crippen molar-refractivity contribution in [3.05, 3.63) is 35.4 Å². The van der Waals surface area contributed by atoms with Crippen molar-refractivity contribution in [3.8, 4) is 0 Å². The van der Waals surface area contributed by atoms with Crippen LogP contribution in [0.25, 0.3) is 0 Å². The highest BCUT2D eigenvalue weighted by atomic mass is 19.2. The Balaban J connectivity index is 1.55. The van der Waals surface area contributed by atoms with Gasteiger partial charge in [-0.25, -0.2) is 8.78 Å². The molecule has 1 aliphatic carbocycles. The minimum atomic E-state index is -0.747. The van der Waals surface area contributed by atoms with Crippen molar-refractivity contribution in [1.82, 2.24) is 9.80 Å². The van der Waals surface area contributed by atoms with E-state index in [1.807, 2.05) is 0 Å². The summed E-state index contributed by atoms with van der Waals surface area (Å²) in [6.45, 7) is 4.17. The smallest absolute Gasteiger partial charge is 0.159 e. The zero-order valence-electron chi connectivity index (χ0n) is 14.4. The monoisotopic (exact) mass is 334 g/mol. The van der Waals surface area contributed by atoms with E-state index in [4.69, 9.17) is 0 Å². The first kappa shape index (κ1) is 16.5. The van der Waals surface area contributed by atoms with Gasteiger partial charge < -0.3 is 0 Å². The van der Waals surface area contributed by atoms with E-state index in [2.05, 4.69) is 9.80 Å². The third kappa shape index (κ3) is 3.23. The SMILES string of the molecule is Fc1ccc(CN2CCN3CCC[C@@H]3[C@H]2C2CCCCC2)cc1F. The van der Waals surface area contributed by atoms with Crippen LogP contribution in [0.1, 0.15) is 50.5 Å². The molecule has 2 atom stereocenters. The molecule has 132 valence electrons. The molecular formula is C20H28F2N2. The lowest BCUT2D eigenvalue weighted by atomic mass is 9.78. The molecule has 2 nitrogen and oxygen atoms in total. The molecule has 0 unspecified atom stereocenters. The Hall–Kier alpha value is -1.00. The van der Waals surface area contributed by atoms with E-state index in [0.717, 1.165) is 31.1 Å². The van der Waals surface area contributed by atoms with Crippen LogP contribution < -0.4 is 0 Å². The van der Waals surface area contributed by atoms with E-state index >= 15 is 0 Å². The predicted molar refractivity (Wildman–Crippen MR) is 91.7 cm³/mol. The topological polar surface area (TPSA) is 6.48 Å². The fourth-order valence-corrected chi connectivity index (χ4v) is 5.31. The average molecular weight is 334 g/mol. The summed E-state index contributed by atoms with van der Waals surface area (Å²) < 4.78 is 26.8. The van der Waals surface area contributed by atoms with Gasteiger partial charge >= 0.3 is 0 Å². The summed E-state index contributed by atoms with van der Waals surface area (Å²) in [4.78, 5) is 5.26. The number of fused-ring (bicyclic) bond motifs is 1. The van der Waals surface area contributed by atoms with Crippen LogP contribution in [-0.4, -0.2) is 41.5 Å². The van der Waals surface area contributed by atoms with Gasteiger partial charge in [-0.05, 0) is 55.8 Å². The van der Waals surface area contributed by atoms with Gasteiger partial charge in [0.05, 0.1) is 0 Å². The molecule has 0 aromatic heterocycles. The van der Waals surface area contributed by atoms with Gasteiger partial charge in [0.25, 0.3) is 0 Å². The molecule has 4 rings (SSSR count). The van der Waals surface area contributed by atoms with Crippen LogP contribution in [0, 0.1) is 17.6 Å². The molecule has 1 aromatic carbocycles. The lowest BCUT2D eigenvalue weighted by molar-refractivity contribution is -0.00385. The zero-order valence-corrected chi connectivity index (χ0v) is 14.4. The number of rotatable bonds is 3. The maximum Gasteiger partial charge on any atom is 0.159 e. The standard InChI is InChI=1S/C20H28F2N2/c21-17-9-8-15(13-18(17)22)14-24-12-11-23-10-4-7-19(23)20(24)16-5-2-1-3-6-16/h8-9,13,16,19-20H,1-7,10-12,14H2/t19-,20-/m1/s1. The lowest BCUT2D eigenvalue weighted by Gasteiger charge is -2.49. The van der Waals surface area contributed by atoms with Gasteiger partial charge in [0.15, 0.2) is 11.6 Å². The third-order valence-electron chi connectivity index (χ3n) is 6.41. The molecule has 1 saturated carbocycles. The van der Waals surface area contributed by atoms with E-state index in [-0.39, 0.29) is 0 Å². The molecule has 0 bridgehead atoms. The van der Waals surface area contributed by atoms with E-state index in [1.54, 1.807) is 6.07 Å². The van der Waals surface area contributed by atoms with Gasteiger partial charge in [-0.15, -0.1) is 0 Å². The molecule has 1 aromatic rings. The van der Waals surface area contributed by atoms with Gasteiger partial charge in [0, 0.05) is 31.7 Å². The molecule has 2 aliphatic heterocycles. The molecule has 0 spiro atoms. The van der Waals surface area contributed by atoms with Crippen molar-refractivity contribution in [2.24, 2.45) is 5.92 Å². The number of hydrogen-bond acceptors (Lipinski definition) is 2. The number of hydrogen-bond donors (Lipinski definition) is 0. The molecule has 3 aliphatic rings. The molecule has 3 fully saturated rings. The molecular weight excluding hydrogens is 306 g/mol. The lowest BCUT2D eigenvalue weighted by Crippen LogP contribution is -2.59. The molecule has 4 heteroatoms. The maximum absolute atomic E-state index is 13.6. The van der Waals surface area contributed by atoms with E-state index in [0.29, 0.717) is 12.1 Å². The summed E-state index contributed by atoms with van der Waals surface area (Å²) in [6.07, 6.45) is 9.37. The summed E-state index contributed by atoms with van der Waals surface area (Å²) in [7, 11) is 0. The highest BCUT2D eigenvalue weighted by Crippen LogP contribution is 2.38. The van der Waals surface area contributed by atoms with Crippen LogP contribution in [0.2, 0.25) is 0 Å². The largest absolute Gasteiger partial charge is 0.298 e. The number of nitrogens with zero attached hydrogens (tertiary/aromatic N) is 2. The summed E-state index contributed by atoms with van der Waals surface area (Å²) in [5, 5.41) is 0. The molecule has 24 heavy (non-hydrogen) atoms. The molecule has 0 N–H and O–H groups in total. The molecule has 0 radical (unpaired) electrons. The van der Waals surface area contributed by atoms with Crippen molar-refractivity contribution in [1.29, 1.82) is 0 Å². The van der Waals surface area contributed by atoms with E-state index in [9.17, 15) is 8.78 Å². The summed E-state index contributed by atoms with van der Waals surface area (Å²) >= 11 is 0. The second kappa shape index (κ2) is 7.09. The van der Waals surface area contributed by atoms with Crippen molar-refractivity contribution in [2.75, 3.05) is 19.6 Å². The fraction of sp³-hybridized carbons (Fsp3) is 0.700. The van der Waals surface area contributed by atoms with Crippen molar-refractivity contribution in [3.63, 3.8) is 0 Å². The maximum atomic E-state index is 13.6. The first-order chi connectivity index (χ1) is 11.7. The van der Waals surface area contributed by atoms with Crippen LogP contribution in [-0.2, 0) is 6.54 Å². The quantitative estimate of drug-likeness (QED) is 0.818. The normalized spacial score (nSPS) is 29.8. The van der Waals surface area contributed by atoms with Gasteiger partial charge in [-0.1, -0.05) is 25.3 Å². The minimum absolute atomic E-state index is 0.592. The van der Waals surface area contributed by atoms with Gasteiger partial charge in [0.2, 0.25) is 0 Å². The van der Waals surface area contributed by atoms with Gasteiger partial charge in [-0.3, -0.25) is 9.80 Å². The Labute approximate surface area is 143 Å². The minimum Gasteiger partial charge on any atom is -0.298 e. The van der Waals surface area contributed by atoms with E-state index in [1.165, 1.54) is 63.6 Å². The second-order valence-corrected chi connectivity index (χ2v) is 7.85. The number of halogens is 2. The van der Waals surface area contributed by atoms with E-state index < -0.39 is 11.6 Å². The Morgan fingerprint density at radius 2 is 1.71 bits per heavy atom. The van der Waals surface area contributed by atoms with Gasteiger partial charge in [0.1, 0.15) is 0 Å². The predicted octanol–water partition coefficient (Wildman–Crippen LogP) is 4.19. The first-order valence-corrected chi connectivity index (χ1v) is 9.64. The van der Waals surface area contributed by atoms with Crippen molar-refractivity contribution >= 4 is 0 Å². The number of benzene rings is 1. The zero-order chi connectivity index (χ0) is 16.5. The van der Waals surface area contributed by atoms with Crippen LogP contribution in [0.4, 0.5) is 8.78 Å². The van der Waals surface area contributed by atoms with Crippen LogP contribution >= 0.6 is 0 Å². The summed E-state index contributed by atoms with van der Waals surface area (Å²) in [5.74, 6) is -0.695.